The number of hydrogen-bond donors (Lipinski definition) is 2. The summed E-state index contributed by atoms with van der Waals surface area (Å²) in [5.41, 5.74) is 3.54. The SMILES string of the molecule is COc1c(-c2cc(C(=O)O)[nH]n2)ccc(C)c1C. The third kappa shape index (κ3) is 1.95. The standard InChI is InChI=1S/C13H14N2O3/c1-7-4-5-9(12(18-3)8(7)2)10-6-11(13(16)17)15-14-10/h4-6H,1-3H3,(H,14,15)(H,16,17). The first-order valence-electron chi connectivity index (χ1n) is 5.48. The van der Waals surface area contributed by atoms with Crippen LogP contribution >= 0.6 is 0 Å². The van der Waals surface area contributed by atoms with Gasteiger partial charge < -0.3 is 9.84 Å². The number of ether oxygens (including phenoxy) is 1. The van der Waals surface area contributed by atoms with Gasteiger partial charge in [0.25, 0.3) is 0 Å². The topological polar surface area (TPSA) is 75.2 Å². The molecule has 1 aromatic heterocycles. The number of carbonyl (C=O) groups is 1. The van der Waals surface area contributed by atoms with E-state index in [2.05, 4.69) is 10.2 Å². The minimum absolute atomic E-state index is 0.0604. The maximum Gasteiger partial charge on any atom is 0.353 e. The molecule has 0 amide bonds. The molecule has 1 aromatic carbocycles. The van der Waals surface area contributed by atoms with Crippen LogP contribution in [0, 0.1) is 13.8 Å². The maximum absolute atomic E-state index is 10.8. The van der Waals surface area contributed by atoms with Crippen LogP contribution in [-0.2, 0) is 0 Å². The molecule has 0 spiro atoms. The van der Waals surface area contributed by atoms with Crippen molar-refractivity contribution in [2.45, 2.75) is 13.8 Å². The van der Waals surface area contributed by atoms with Gasteiger partial charge in [-0.25, -0.2) is 4.79 Å². The Morgan fingerprint density at radius 1 is 1.39 bits per heavy atom. The number of benzene rings is 1. The zero-order valence-electron chi connectivity index (χ0n) is 10.4. The van der Waals surface area contributed by atoms with Gasteiger partial charge in [-0.05, 0) is 37.1 Å². The van der Waals surface area contributed by atoms with Crippen molar-refractivity contribution in [2.24, 2.45) is 0 Å². The average Bonchev–Trinajstić information content (AvgIpc) is 2.82. The van der Waals surface area contributed by atoms with Crippen LogP contribution < -0.4 is 4.74 Å². The molecule has 0 aliphatic heterocycles. The molecule has 0 saturated heterocycles. The fourth-order valence-corrected chi connectivity index (χ4v) is 1.82. The molecular weight excluding hydrogens is 232 g/mol. The molecule has 0 radical (unpaired) electrons. The smallest absolute Gasteiger partial charge is 0.353 e. The first-order valence-corrected chi connectivity index (χ1v) is 5.48. The van der Waals surface area contributed by atoms with Crippen LogP contribution in [0.2, 0.25) is 0 Å². The van der Waals surface area contributed by atoms with Gasteiger partial charge in [-0.2, -0.15) is 5.10 Å². The van der Waals surface area contributed by atoms with Crippen molar-refractivity contribution in [2.75, 3.05) is 7.11 Å². The molecule has 0 saturated carbocycles. The number of aryl methyl sites for hydroxylation is 1. The number of methoxy groups -OCH3 is 1. The monoisotopic (exact) mass is 246 g/mol. The van der Waals surface area contributed by atoms with Gasteiger partial charge in [0, 0.05) is 5.56 Å². The average molecular weight is 246 g/mol. The van der Waals surface area contributed by atoms with E-state index in [0.717, 1.165) is 22.4 Å². The number of rotatable bonds is 3. The number of carboxylic acid groups (broad SMARTS) is 1. The van der Waals surface area contributed by atoms with E-state index in [1.807, 2.05) is 26.0 Å². The first-order chi connectivity index (χ1) is 8.54. The molecule has 94 valence electrons. The highest BCUT2D eigenvalue weighted by Gasteiger charge is 2.15. The van der Waals surface area contributed by atoms with Gasteiger partial charge in [0.1, 0.15) is 11.4 Å². The fraction of sp³-hybridized carbons (Fsp3) is 0.231. The molecular formula is C13H14N2O3. The summed E-state index contributed by atoms with van der Waals surface area (Å²) in [5, 5.41) is 15.4. The van der Waals surface area contributed by atoms with Crippen LogP contribution in [0.25, 0.3) is 11.3 Å². The second-order valence-electron chi connectivity index (χ2n) is 4.06. The summed E-state index contributed by atoms with van der Waals surface area (Å²) in [5.74, 6) is -0.310. The van der Waals surface area contributed by atoms with Crippen LogP contribution in [0.15, 0.2) is 18.2 Å². The van der Waals surface area contributed by atoms with E-state index < -0.39 is 5.97 Å². The van der Waals surface area contributed by atoms with Gasteiger partial charge in [0.15, 0.2) is 0 Å². The molecule has 2 aromatic rings. The third-order valence-electron chi connectivity index (χ3n) is 2.97. The highest BCUT2D eigenvalue weighted by atomic mass is 16.5. The van der Waals surface area contributed by atoms with E-state index in [4.69, 9.17) is 9.84 Å². The zero-order chi connectivity index (χ0) is 13.3. The summed E-state index contributed by atoms with van der Waals surface area (Å²) in [6.45, 7) is 3.96. The van der Waals surface area contributed by atoms with Crippen LogP contribution in [0.3, 0.4) is 0 Å². The van der Waals surface area contributed by atoms with Crippen molar-refractivity contribution in [3.8, 4) is 17.0 Å². The Morgan fingerprint density at radius 3 is 2.67 bits per heavy atom. The molecule has 0 unspecified atom stereocenters. The number of aromatic amines is 1. The lowest BCUT2D eigenvalue weighted by Crippen LogP contribution is -1.95. The van der Waals surface area contributed by atoms with E-state index in [1.165, 1.54) is 6.07 Å². The Morgan fingerprint density at radius 2 is 2.11 bits per heavy atom. The molecule has 5 heteroatoms. The molecule has 5 nitrogen and oxygen atoms in total. The predicted octanol–water partition coefficient (Wildman–Crippen LogP) is 2.40. The van der Waals surface area contributed by atoms with E-state index in [1.54, 1.807) is 7.11 Å². The summed E-state index contributed by atoms with van der Waals surface area (Å²) < 4.78 is 5.38. The lowest BCUT2D eigenvalue weighted by atomic mass is 10.0. The number of H-pyrrole nitrogens is 1. The second kappa shape index (κ2) is 4.52. The van der Waals surface area contributed by atoms with Crippen molar-refractivity contribution < 1.29 is 14.6 Å². The molecule has 1 heterocycles. The Balaban J connectivity index is 2.56. The highest BCUT2D eigenvalue weighted by Crippen LogP contribution is 2.33. The number of carboxylic acids is 1. The molecule has 0 atom stereocenters. The summed E-state index contributed by atoms with van der Waals surface area (Å²) >= 11 is 0. The number of hydrogen-bond acceptors (Lipinski definition) is 3. The summed E-state index contributed by atoms with van der Waals surface area (Å²) in [4.78, 5) is 10.8. The van der Waals surface area contributed by atoms with Crippen molar-refractivity contribution in [1.29, 1.82) is 0 Å². The van der Waals surface area contributed by atoms with Crippen LogP contribution in [-0.4, -0.2) is 28.4 Å². The van der Waals surface area contributed by atoms with Crippen molar-refractivity contribution >= 4 is 5.97 Å². The second-order valence-corrected chi connectivity index (χ2v) is 4.06. The minimum Gasteiger partial charge on any atom is -0.496 e. The molecule has 0 aliphatic rings. The van der Waals surface area contributed by atoms with Gasteiger partial charge in [-0.3, -0.25) is 5.10 Å². The highest BCUT2D eigenvalue weighted by molar-refractivity contribution is 5.87. The van der Waals surface area contributed by atoms with Crippen LogP contribution in [0.4, 0.5) is 0 Å². The van der Waals surface area contributed by atoms with Crippen molar-refractivity contribution in [3.63, 3.8) is 0 Å². The molecule has 0 bridgehead atoms. The molecule has 0 fully saturated rings. The normalized spacial score (nSPS) is 10.4. The Bertz CT molecular complexity index is 602. The molecule has 18 heavy (non-hydrogen) atoms. The van der Waals surface area contributed by atoms with Crippen molar-refractivity contribution in [3.05, 3.63) is 35.0 Å². The van der Waals surface area contributed by atoms with E-state index in [0.29, 0.717) is 5.69 Å². The quantitative estimate of drug-likeness (QED) is 0.872. The predicted molar refractivity (Wildman–Crippen MR) is 67.0 cm³/mol. The van der Waals surface area contributed by atoms with Crippen LogP contribution in [0.1, 0.15) is 21.6 Å². The summed E-state index contributed by atoms with van der Waals surface area (Å²) in [7, 11) is 1.59. The molecule has 2 N–H and O–H groups in total. The van der Waals surface area contributed by atoms with Gasteiger partial charge in [-0.1, -0.05) is 6.07 Å². The Labute approximate surface area is 104 Å². The lowest BCUT2D eigenvalue weighted by molar-refractivity contribution is 0.0690. The first kappa shape index (κ1) is 12.2. The molecule has 0 aliphatic carbocycles. The maximum atomic E-state index is 10.8. The van der Waals surface area contributed by atoms with Crippen molar-refractivity contribution in [1.82, 2.24) is 10.2 Å². The van der Waals surface area contributed by atoms with Gasteiger partial charge >= 0.3 is 5.97 Å². The summed E-state index contributed by atoms with van der Waals surface area (Å²) in [6, 6.07) is 5.33. The number of nitrogens with one attached hydrogen (secondary N) is 1. The number of aromatic nitrogens is 2. The molecule has 2 rings (SSSR count). The van der Waals surface area contributed by atoms with Gasteiger partial charge in [0.05, 0.1) is 12.8 Å². The third-order valence-corrected chi connectivity index (χ3v) is 2.97. The van der Waals surface area contributed by atoms with E-state index in [-0.39, 0.29) is 5.69 Å². The fourth-order valence-electron chi connectivity index (χ4n) is 1.82. The minimum atomic E-state index is -1.03. The van der Waals surface area contributed by atoms with E-state index >= 15 is 0 Å². The Kier molecular flexibility index (Phi) is 3.06. The largest absolute Gasteiger partial charge is 0.496 e. The van der Waals surface area contributed by atoms with Crippen LogP contribution in [0.5, 0.6) is 5.75 Å². The van der Waals surface area contributed by atoms with Gasteiger partial charge in [0.2, 0.25) is 0 Å². The zero-order valence-corrected chi connectivity index (χ0v) is 10.4. The lowest BCUT2D eigenvalue weighted by Gasteiger charge is -2.11. The van der Waals surface area contributed by atoms with E-state index in [9.17, 15) is 4.79 Å². The van der Waals surface area contributed by atoms with Gasteiger partial charge in [-0.15, -0.1) is 0 Å². The summed E-state index contributed by atoms with van der Waals surface area (Å²) in [6.07, 6.45) is 0. The Hall–Kier alpha value is -2.30. The number of nitrogens with zero attached hydrogens (tertiary/aromatic N) is 1. The number of aromatic carboxylic acids is 1.